The molecule has 0 radical (unpaired) electrons. The maximum absolute atomic E-state index is 11.3. The zero-order valence-corrected chi connectivity index (χ0v) is 18.6. The van der Waals surface area contributed by atoms with Crippen LogP contribution in [0, 0.1) is 0 Å². The fourth-order valence-electron chi connectivity index (χ4n) is 3.61. The summed E-state index contributed by atoms with van der Waals surface area (Å²) in [7, 11) is 1.34. The first-order valence-corrected chi connectivity index (χ1v) is 10.9. The third-order valence-corrected chi connectivity index (χ3v) is 5.34. The van der Waals surface area contributed by atoms with Gasteiger partial charge in [0.15, 0.2) is 5.96 Å². The molecule has 1 aliphatic heterocycles. The van der Waals surface area contributed by atoms with Gasteiger partial charge in [0.1, 0.15) is 0 Å². The van der Waals surface area contributed by atoms with Gasteiger partial charge in [-0.05, 0) is 62.1 Å². The van der Waals surface area contributed by atoms with Gasteiger partial charge >= 0.3 is 6.09 Å². The number of nitrogens with one attached hydrogen (secondary N) is 3. The number of aliphatic imine (C=N–C) groups is 1. The Morgan fingerprint density at radius 3 is 2.58 bits per heavy atom. The SMILES string of the molecule is CCNC(=NCc1ccc(NC(=O)OC)cc1)NC(C)c1cccc(N2CCCC2)c1. The van der Waals surface area contributed by atoms with Crippen LogP contribution < -0.4 is 20.9 Å². The first kappa shape index (κ1) is 22.5. The highest BCUT2D eigenvalue weighted by molar-refractivity contribution is 5.84. The van der Waals surface area contributed by atoms with Gasteiger partial charge in [-0.2, -0.15) is 0 Å². The second-order valence-corrected chi connectivity index (χ2v) is 7.66. The first-order valence-electron chi connectivity index (χ1n) is 10.9. The van der Waals surface area contributed by atoms with Gasteiger partial charge in [-0.25, -0.2) is 9.79 Å². The minimum Gasteiger partial charge on any atom is -0.453 e. The summed E-state index contributed by atoms with van der Waals surface area (Å²) in [5.74, 6) is 0.776. The predicted octanol–water partition coefficient (Wildman–Crippen LogP) is 4.28. The molecule has 1 heterocycles. The smallest absolute Gasteiger partial charge is 0.411 e. The van der Waals surface area contributed by atoms with E-state index in [0.29, 0.717) is 12.2 Å². The lowest BCUT2D eigenvalue weighted by Crippen LogP contribution is -2.38. The van der Waals surface area contributed by atoms with Gasteiger partial charge in [-0.3, -0.25) is 5.32 Å². The van der Waals surface area contributed by atoms with E-state index in [9.17, 15) is 4.79 Å². The molecule has 3 N–H and O–H groups in total. The number of methoxy groups -OCH3 is 1. The molecule has 166 valence electrons. The minimum absolute atomic E-state index is 0.131. The summed E-state index contributed by atoms with van der Waals surface area (Å²) in [5, 5.41) is 9.49. The number of hydrogen-bond donors (Lipinski definition) is 3. The molecule has 3 rings (SSSR count). The fraction of sp³-hybridized carbons (Fsp3) is 0.417. The molecule has 1 saturated heterocycles. The Balaban J connectivity index is 1.62. The van der Waals surface area contributed by atoms with Gasteiger partial charge < -0.3 is 20.3 Å². The van der Waals surface area contributed by atoms with Crippen LogP contribution in [0.4, 0.5) is 16.2 Å². The summed E-state index contributed by atoms with van der Waals surface area (Å²) < 4.78 is 4.61. The van der Waals surface area contributed by atoms with Crippen LogP contribution in [-0.2, 0) is 11.3 Å². The normalized spacial score (nSPS) is 14.8. The maximum Gasteiger partial charge on any atom is 0.411 e. The molecular weight excluding hydrogens is 390 g/mol. The Morgan fingerprint density at radius 2 is 1.90 bits per heavy atom. The highest BCUT2D eigenvalue weighted by atomic mass is 16.5. The Labute approximate surface area is 184 Å². The summed E-state index contributed by atoms with van der Waals surface area (Å²) in [6, 6.07) is 16.5. The molecule has 1 aliphatic rings. The van der Waals surface area contributed by atoms with E-state index in [4.69, 9.17) is 4.99 Å². The highest BCUT2D eigenvalue weighted by Crippen LogP contribution is 2.24. The molecule has 0 spiro atoms. The highest BCUT2D eigenvalue weighted by Gasteiger charge is 2.14. The quantitative estimate of drug-likeness (QED) is 0.458. The van der Waals surface area contributed by atoms with Crippen LogP contribution in [0.1, 0.15) is 43.9 Å². The average molecular weight is 424 g/mol. The molecule has 1 amide bonds. The van der Waals surface area contributed by atoms with Crippen LogP contribution in [0.3, 0.4) is 0 Å². The minimum atomic E-state index is -0.479. The third-order valence-electron chi connectivity index (χ3n) is 5.34. The molecule has 1 atom stereocenters. The lowest BCUT2D eigenvalue weighted by Gasteiger charge is -2.22. The van der Waals surface area contributed by atoms with E-state index >= 15 is 0 Å². The second-order valence-electron chi connectivity index (χ2n) is 7.66. The maximum atomic E-state index is 11.3. The fourth-order valence-corrected chi connectivity index (χ4v) is 3.61. The van der Waals surface area contributed by atoms with Crippen molar-refractivity contribution < 1.29 is 9.53 Å². The molecule has 31 heavy (non-hydrogen) atoms. The lowest BCUT2D eigenvalue weighted by molar-refractivity contribution is 0.187. The van der Waals surface area contributed by atoms with Gasteiger partial charge in [0.25, 0.3) is 0 Å². The van der Waals surface area contributed by atoms with E-state index in [1.807, 2.05) is 24.3 Å². The zero-order valence-electron chi connectivity index (χ0n) is 18.6. The van der Waals surface area contributed by atoms with E-state index in [1.54, 1.807) is 0 Å². The van der Waals surface area contributed by atoms with Gasteiger partial charge in [0.05, 0.1) is 19.7 Å². The summed E-state index contributed by atoms with van der Waals surface area (Å²) in [6.07, 6.45) is 2.07. The predicted molar refractivity (Wildman–Crippen MR) is 127 cm³/mol. The first-order chi connectivity index (χ1) is 15.1. The summed E-state index contributed by atoms with van der Waals surface area (Å²) in [4.78, 5) is 18.5. The van der Waals surface area contributed by atoms with Crippen LogP contribution >= 0.6 is 0 Å². The Hall–Kier alpha value is -3.22. The summed E-state index contributed by atoms with van der Waals surface area (Å²) >= 11 is 0. The van der Waals surface area contributed by atoms with Crippen LogP contribution in [0.2, 0.25) is 0 Å². The monoisotopic (exact) mass is 423 g/mol. The largest absolute Gasteiger partial charge is 0.453 e. The number of carbonyl (C=O) groups excluding carboxylic acids is 1. The molecule has 0 bridgehead atoms. The number of anilines is 2. The molecule has 2 aromatic carbocycles. The number of hydrogen-bond acceptors (Lipinski definition) is 4. The molecule has 0 saturated carbocycles. The number of rotatable bonds is 7. The van der Waals surface area contributed by atoms with E-state index in [2.05, 4.69) is 63.7 Å². The number of carbonyl (C=O) groups is 1. The van der Waals surface area contributed by atoms with Crippen LogP contribution in [0.25, 0.3) is 0 Å². The summed E-state index contributed by atoms with van der Waals surface area (Å²) in [5.41, 5.74) is 4.28. The van der Waals surface area contributed by atoms with Crippen molar-refractivity contribution in [1.82, 2.24) is 10.6 Å². The van der Waals surface area contributed by atoms with Gasteiger partial charge in [-0.15, -0.1) is 0 Å². The molecule has 7 heteroatoms. The number of nitrogens with zero attached hydrogens (tertiary/aromatic N) is 2. The second kappa shape index (κ2) is 11.2. The van der Waals surface area contributed by atoms with E-state index in [0.717, 1.165) is 31.2 Å². The summed E-state index contributed by atoms with van der Waals surface area (Å²) in [6.45, 7) is 7.82. The van der Waals surface area contributed by atoms with Crippen molar-refractivity contribution >= 4 is 23.4 Å². The van der Waals surface area contributed by atoms with Crippen LogP contribution in [0.5, 0.6) is 0 Å². The standard InChI is InChI=1S/C24H33N5O2/c1-4-25-23(26-17-19-10-12-21(13-11-19)28-24(30)31-3)27-18(2)20-8-7-9-22(16-20)29-14-5-6-15-29/h7-13,16,18H,4-6,14-15,17H2,1-3H3,(H,28,30)(H2,25,26,27). The van der Waals surface area contributed by atoms with Crippen molar-refractivity contribution in [2.75, 3.05) is 37.0 Å². The Morgan fingerprint density at radius 1 is 1.16 bits per heavy atom. The number of benzene rings is 2. The molecule has 1 fully saturated rings. The number of ether oxygens (including phenoxy) is 1. The third kappa shape index (κ3) is 6.64. The molecular formula is C24H33N5O2. The average Bonchev–Trinajstić information content (AvgIpc) is 3.33. The van der Waals surface area contributed by atoms with E-state index < -0.39 is 6.09 Å². The lowest BCUT2D eigenvalue weighted by atomic mass is 10.1. The van der Waals surface area contributed by atoms with Crippen LogP contribution in [-0.4, -0.2) is 38.8 Å². The molecule has 2 aromatic rings. The van der Waals surface area contributed by atoms with Crippen molar-refractivity contribution in [2.45, 2.75) is 39.3 Å². The van der Waals surface area contributed by atoms with Gasteiger partial charge in [-0.1, -0.05) is 24.3 Å². The number of guanidine groups is 1. The molecule has 7 nitrogen and oxygen atoms in total. The van der Waals surface area contributed by atoms with Crippen molar-refractivity contribution in [1.29, 1.82) is 0 Å². The van der Waals surface area contributed by atoms with Crippen molar-refractivity contribution in [3.63, 3.8) is 0 Å². The van der Waals surface area contributed by atoms with Crippen molar-refractivity contribution in [3.05, 3.63) is 59.7 Å². The number of amides is 1. The van der Waals surface area contributed by atoms with E-state index in [1.165, 1.54) is 31.2 Å². The molecule has 0 aromatic heterocycles. The molecule has 0 aliphatic carbocycles. The van der Waals surface area contributed by atoms with E-state index in [-0.39, 0.29) is 6.04 Å². The zero-order chi connectivity index (χ0) is 22.1. The van der Waals surface area contributed by atoms with Gasteiger partial charge in [0.2, 0.25) is 0 Å². The Kier molecular flexibility index (Phi) is 8.15. The van der Waals surface area contributed by atoms with Gasteiger partial charge in [0, 0.05) is 31.0 Å². The molecule has 1 unspecified atom stereocenters. The topological polar surface area (TPSA) is 78.0 Å². The van der Waals surface area contributed by atoms with Crippen LogP contribution in [0.15, 0.2) is 53.5 Å². The van der Waals surface area contributed by atoms with Crippen molar-refractivity contribution in [2.24, 2.45) is 4.99 Å². The Bertz CT molecular complexity index is 876. The van der Waals surface area contributed by atoms with Crippen molar-refractivity contribution in [3.8, 4) is 0 Å².